The number of pyridine rings is 1. The molecule has 0 spiro atoms. The van der Waals surface area contributed by atoms with Gasteiger partial charge in [-0.05, 0) is 37.2 Å². The SMILES string of the molecule is CC1(C)CCC(Nc2ccc(OCC(F)(F)F)nc2)CC1. The van der Waals surface area contributed by atoms with Crippen molar-refractivity contribution in [3.8, 4) is 5.88 Å². The number of ether oxygens (including phenoxy) is 1. The first-order valence-electron chi connectivity index (χ1n) is 7.16. The molecule has 3 nitrogen and oxygen atoms in total. The van der Waals surface area contributed by atoms with Crippen molar-refractivity contribution in [3.63, 3.8) is 0 Å². The second-order valence-corrected chi connectivity index (χ2v) is 6.37. The van der Waals surface area contributed by atoms with Crippen LogP contribution < -0.4 is 10.1 Å². The second kappa shape index (κ2) is 6.12. The van der Waals surface area contributed by atoms with Gasteiger partial charge in [-0.2, -0.15) is 13.2 Å². The molecule has 0 atom stereocenters. The molecule has 118 valence electrons. The molecule has 1 aliphatic carbocycles. The molecule has 0 amide bonds. The molecule has 21 heavy (non-hydrogen) atoms. The highest BCUT2D eigenvalue weighted by Gasteiger charge is 2.29. The Hall–Kier alpha value is -1.46. The average molecular weight is 302 g/mol. The molecule has 0 saturated heterocycles. The van der Waals surface area contributed by atoms with E-state index in [1.165, 1.54) is 25.1 Å². The molecule has 1 aliphatic rings. The van der Waals surface area contributed by atoms with Crippen molar-refractivity contribution in [3.05, 3.63) is 18.3 Å². The third-order valence-corrected chi connectivity index (χ3v) is 3.83. The molecule has 0 radical (unpaired) electrons. The number of hydrogen-bond donors (Lipinski definition) is 1. The summed E-state index contributed by atoms with van der Waals surface area (Å²) in [7, 11) is 0. The van der Waals surface area contributed by atoms with Crippen molar-refractivity contribution in [1.29, 1.82) is 0 Å². The fourth-order valence-electron chi connectivity index (χ4n) is 2.49. The van der Waals surface area contributed by atoms with E-state index in [1.54, 1.807) is 6.07 Å². The summed E-state index contributed by atoms with van der Waals surface area (Å²) in [5.41, 5.74) is 1.23. The minimum atomic E-state index is -4.34. The van der Waals surface area contributed by atoms with Crippen LogP contribution in [0.4, 0.5) is 18.9 Å². The van der Waals surface area contributed by atoms with E-state index in [9.17, 15) is 13.2 Å². The number of aromatic nitrogens is 1. The van der Waals surface area contributed by atoms with Gasteiger partial charge in [-0.15, -0.1) is 0 Å². The number of alkyl halides is 3. The maximum atomic E-state index is 12.0. The molecule has 2 rings (SSSR count). The smallest absolute Gasteiger partial charge is 0.422 e. The minimum absolute atomic E-state index is 0.0114. The Bertz CT molecular complexity index is 447. The maximum Gasteiger partial charge on any atom is 0.422 e. The maximum absolute atomic E-state index is 12.0. The zero-order chi connectivity index (χ0) is 15.5. The highest BCUT2D eigenvalue weighted by atomic mass is 19.4. The number of anilines is 1. The molecule has 1 fully saturated rings. The van der Waals surface area contributed by atoms with Gasteiger partial charge >= 0.3 is 6.18 Å². The summed E-state index contributed by atoms with van der Waals surface area (Å²) in [5.74, 6) is -0.0114. The van der Waals surface area contributed by atoms with E-state index in [4.69, 9.17) is 0 Å². The van der Waals surface area contributed by atoms with E-state index in [0.29, 0.717) is 11.5 Å². The molecule has 1 aromatic rings. The average Bonchev–Trinajstić information content (AvgIpc) is 2.40. The normalized spacial score (nSPS) is 19.3. The van der Waals surface area contributed by atoms with Gasteiger partial charge in [0, 0.05) is 12.1 Å². The van der Waals surface area contributed by atoms with Crippen molar-refractivity contribution in [1.82, 2.24) is 4.98 Å². The van der Waals surface area contributed by atoms with E-state index < -0.39 is 12.8 Å². The third-order valence-electron chi connectivity index (χ3n) is 3.83. The quantitative estimate of drug-likeness (QED) is 0.895. The van der Waals surface area contributed by atoms with Crippen LogP contribution in [0.15, 0.2) is 18.3 Å². The zero-order valence-corrected chi connectivity index (χ0v) is 12.3. The van der Waals surface area contributed by atoms with Gasteiger partial charge in [-0.3, -0.25) is 0 Å². The second-order valence-electron chi connectivity index (χ2n) is 6.37. The fraction of sp³-hybridized carbons (Fsp3) is 0.667. The number of halogens is 3. The highest BCUT2D eigenvalue weighted by Crippen LogP contribution is 2.36. The monoisotopic (exact) mass is 302 g/mol. The Labute approximate surface area is 122 Å². The van der Waals surface area contributed by atoms with Gasteiger partial charge in [0.05, 0.1) is 11.9 Å². The Morgan fingerprint density at radius 2 is 1.95 bits per heavy atom. The molecule has 0 aromatic carbocycles. The van der Waals surface area contributed by atoms with Crippen LogP contribution in [0.2, 0.25) is 0 Å². The van der Waals surface area contributed by atoms with Gasteiger partial charge in [0.1, 0.15) is 0 Å². The van der Waals surface area contributed by atoms with Crippen LogP contribution in [0.25, 0.3) is 0 Å². The third kappa shape index (κ3) is 5.44. The van der Waals surface area contributed by atoms with Gasteiger partial charge in [0.15, 0.2) is 6.61 Å². The van der Waals surface area contributed by atoms with E-state index in [-0.39, 0.29) is 5.88 Å². The molecular formula is C15H21F3N2O. The van der Waals surface area contributed by atoms with Gasteiger partial charge in [0.2, 0.25) is 5.88 Å². The largest absolute Gasteiger partial charge is 0.468 e. The van der Waals surface area contributed by atoms with Crippen LogP contribution in [0.1, 0.15) is 39.5 Å². The molecule has 1 aromatic heterocycles. The summed E-state index contributed by atoms with van der Waals surface area (Å²) in [6.07, 6.45) is 1.72. The van der Waals surface area contributed by atoms with Crippen molar-refractivity contribution in [2.75, 3.05) is 11.9 Å². The lowest BCUT2D eigenvalue weighted by molar-refractivity contribution is -0.154. The predicted molar refractivity (Wildman–Crippen MR) is 75.4 cm³/mol. The van der Waals surface area contributed by atoms with Gasteiger partial charge in [-0.25, -0.2) is 4.98 Å². The van der Waals surface area contributed by atoms with E-state index in [1.807, 2.05) is 0 Å². The van der Waals surface area contributed by atoms with Crippen LogP contribution >= 0.6 is 0 Å². The molecule has 0 unspecified atom stereocenters. The summed E-state index contributed by atoms with van der Waals surface area (Å²) in [6, 6.07) is 3.57. The summed E-state index contributed by atoms with van der Waals surface area (Å²) in [4.78, 5) is 3.89. The minimum Gasteiger partial charge on any atom is -0.468 e. The van der Waals surface area contributed by atoms with Crippen molar-refractivity contribution in [2.45, 2.75) is 51.7 Å². The Morgan fingerprint density at radius 3 is 2.48 bits per heavy atom. The van der Waals surface area contributed by atoms with Crippen molar-refractivity contribution in [2.24, 2.45) is 5.41 Å². The molecule has 1 heterocycles. The first-order chi connectivity index (χ1) is 9.73. The number of hydrogen-bond acceptors (Lipinski definition) is 3. The Kier molecular flexibility index (Phi) is 4.64. The summed E-state index contributed by atoms with van der Waals surface area (Å²) in [6.45, 7) is 3.24. The lowest BCUT2D eigenvalue weighted by atomic mass is 9.75. The van der Waals surface area contributed by atoms with E-state index in [2.05, 4.69) is 28.9 Å². The molecule has 1 saturated carbocycles. The molecular weight excluding hydrogens is 281 g/mol. The standard InChI is InChI=1S/C15H21F3N2O/c1-14(2)7-5-11(6-8-14)20-12-3-4-13(19-9-12)21-10-15(16,17)18/h3-4,9,11,20H,5-8,10H2,1-2H3. The lowest BCUT2D eigenvalue weighted by Gasteiger charge is -2.35. The molecule has 6 heteroatoms. The van der Waals surface area contributed by atoms with E-state index in [0.717, 1.165) is 18.5 Å². The first kappa shape index (κ1) is 15.9. The topological polar surface area (TPSA) is 34.1 Å². The molecule has 0 bridgehead atoms. The number of nitrogens with one attached hydrogen (secondary N) is 1. The van der Waals surface area contributed by atoms with Crippen LogP contribution in [0, 0.1) is 5.41 Å². The lowest BCUT2D eigenvalue weighted by Crippen LogP contribution is -2.29. The van der Waals surface area contributed by atoms with Crippen molar-refractivity contribution < 1.29 is 17.9 Å². The summed E-state index contributed by atoms with van der Waals surface area (Å²) >= 11 is 0. The van der Waals surface area contributed by atoms with Gasteiger partial charge in [0.25, 0.3) is 0 Å². The number of rotatable bonds is 4. The van der Waals surface area contributed by atoms with E-state index >= 15 is 0 Å². The van der Waals surface area contributed by atoms with Gasteiger partial charge in [-0.1, -0.05) is 13.8 Å². The predicted octanol–water partition coefficient (Wildman–Crippen LogP) is 4.40. The van der Waals surface area contributed by atoms with Crippen LogP contribution in [0.5, 0.6) is 5.88 Å². The van der Waals surface area contributed by atoms with Gasteiger partial charge < -0.3 is 10.1 Å². The first-order valence-corrected chi connectivity index (χ1v) is 7.16. The Morgan fingerprint density at radius 1 is 1.29 bits per heavy atom. The fourth-order valence-corrected chi connectivity index (χ4v) is 2.49. The number of nitrogens with zero attached hydrogens (tertiary/aromatic N) is 1. The zero-order valence-electron chi connectivity index (χ0n) is 12.3. The Balaban J connectivity index is 1.83. The van der Waals surface area contributed by atoms with Crippen LogP contribution in [-0.2, 0) is 0 Å². The summed E-state index contributed by atoms with van der Waals surface area (Å²) in [5, 5.41) is 3.38. The molecule has 0 aliphatic heterocycles. The highest BCUT2D eigenvalue weighted by molar-refractivity contribution is 5.43. The van der Waals surface area contributed by atoms with Crippen molar-refractivity contribution >= 4 is 5.69 Å². The van der Waals surface area contributed by atoms with Crippen LogP contribution in [0.3, 0.4) is 0 Å². The van der Waals surface area contributed by atoms with Crippen LogP contribution in [-0.4, -0.2) is 23.8 Å². The molecule has 1 N–H and O–H groups in total. The summed E-state index contributed by atoms with van der Waals surface area (Å²) < 4.78 is 40.7.